The van der Waals surface area contributed by atoms with E-state index in [1.54, 1.807) is 12.4 Å². The predicted molar refractivity (Wildman–Crippen MR) is 64.4 cm³/mol. The third-order valence-electron chi connectivity index (χ3n) is 2.44. The van der Waals surface area contributed by atoms with Crippen molar-refractivity contribution >= 4 is 16.7 Å². The molecule has 0 radical (unpaired) electrons. The average molecular weight is 214 g/mol. The first-order valence-corrected chi connectivity index (χ1v) is 5.43. The van der Waals surface area contributed by atoms with Crippen molar-refractivity contribution < 1.29 is 4.79 Å². The summed E-state index contributed by atoms with van der Waals surface area (Å²) in [5.74, 6) is -0.0134. The normalized spacial score (nSPS) is 10.3. The van der Waals surface area contributed by atoms with Crippen LogP contribution in [0, 0.1) is 0 Å². The van der Waals surface area contributed by atoms with Crippen LogP contribution >= 0.6 is 0 Å². The molecule has 0 spiro atoms. The highest BCUT2D eigenvalue weighted by Crippen LogP contribution is 2.14. The van der Waals surface area contributed by atoms with Gasteiger partial charge < -0.3 is 5.32 Å². The maximum Gasteiger partial charge on any atom is 0.251 e. The molecular formula is C13H14N2O. The summed E-state index contributed by atoms with van der Waals surface area (Å²) in [6.45, 7) is 2.75. The van der Waals surface area contributed by atoms with Crippen molar-refractivity contribution in [2.45, 2.75) is 13.3 Å². The van der Waals surface area contributed by atoms with Gasteiger partial charge in [0, 0.05) is 29.9 Å². The molecule has 16 heavy (non-hydrogen) atoms. The molecule has 2 rings (SSSR count). The molecule has 1 amide bonds. The molecule has 0 aliphatic carbocycles. The van der Waals surface area contributed by atoms with Gasteiger partial charge in [0.2, 0.25) is 0 Å². The van der Waals surface area contributed by atoms with Gasteiger partial charge in [0.25, 0.3) is 5.91 Å². The Labute approximate surface area is 94.5 Å². The lowest BCUT2D eigenvalue weighted by Crippen LogP contribution is -2.23. The van der Waals surface area contributed by atoms with Gasteiger partial charge in [-0.1, -0.05) is 13.0 Å². The van der Waals surface area contributed by atoms with E-state index < -0.39 is 0 Å². The molecule has 0 aliphatic heterocycles. The number of pyridine rings is 1. The molecule has 0 atom stereocenters. The summed E-state index contributed by atoms with van der Waals surface area (Å²) >= 11 is 0. The lowest BCUT2D eigenvalue weighted by Gasteiger charge is -2.04. The van der Waals surface area contributed by atoms with Gasteiger partial charge in [0.15, 0.2) is 0 Å². The summed E-state index contributed by atoms with van der Waals surface area (Å²) in [5.41, 5.74) is 0.701. The van der Waals surface area contributed by atoms with E-state index in [1.165, 1.54) is 0 Å². The fraction of sp³-hybridized carbons (Fsp3) is 0.231. The quantitative estimate of drug-likeness (QED) is 0.852. The van der Waals surface area contributed by atoms with E-state index in [9.17, 15) is 4.79 Å². The Balaban J connectivity index is 2.28. The highest BCUT2D eigenvalue weighted by molar-refractivity contribution is 5.98. The Morgan fingerprint density at radius 3 is 3.00 bits per heavy atom. The minimum Gasteiger partial charge on any atom is -0.352 e. The number of carbonyl (C=O) groups excluding carboxylic acids is 1. The van der Waals surface area contributed by atoms with Crippen LogP contribution in [0.5, 0.6) is 0 Å². The van der Waals surface area contributed by atoms with Crippen molar-refractivity contribution in [2.75, 3.05) is 6.54 Å². The van der Waals surface area contributed by atoms with E-state index in [1.807, 2.05) is 31.2 Å². The Morgan fingerprint density at radius 2 is 2.19 bits per heavy atom. The summed E-state index contributed by atoms with van der Waals surface area (Å²) in [7, 11) is 0. The van der Waals surface area contributed by atoms with Crippen LogP contribution in [0.15, 0.2) is 36.7 Å². The van der Waals surface area contributed by atoms with Crippen LogP contribution in [0.25, 0.3) is 10.8 Å². The van der Waals surface area contributed by atoms with Crippen molar-refractivity contribution in [3.8, 4) is 0 Å². The van der Waals surface area contributed by atoms with Gasteiger partial charge >= 0.3 is 0 Å². The second kappa shape index (κ2) is 4.75. The van der Waals surface area contributed by atoms with E-state index in [4.69, 9.17) is 0 Å². The zero-order valence-corrected chi connectivity index (χ0v) is 9.23. The molecule has 1 heterocycles. The molecule has 1 aromatic carbocycles. The van der Waals surface area contributed by atoms with Gasteiger partial charge in [-0.15, -0.1) is 0 Å². The number of hydrogen-bond donors (Lipinski definition) is 1. The number of carbonyl (C=O) groups is 1. The molecule has 0 bridgehead atoms. The first-order valence-electron chi connectivity index (χ1n) is 5.43. The molecule has 3 heteroatoms. The van der Waals surface area contributed by atoms with Crippen LogP contribution in [-0.4, -0.2) is 17.4 Å². The Morgan fingerprint density at radius 1 is 1.31 bits per heavy atom. The summed E-state index contributed by atoms with van der Waals surface area (Å²) < 4.78 is 0. The number of amides is 1. The van der Waals surface area contributed by atoms with E-state index in [-0.39, 0.29) is 5.91 Å². The van der Waals surface area contributed by atoms with Gasteiger partial charge in [-0.05, 0) is 30.0 Å². The molecule has 0 aliphatic rings. The number of nitrogens with zero attached hydrogens (tertiary/aromatic N) is 1. The molecule has 0 saturated carbocycles. The van der Waals surface area contributed by atoms with Crippen LogP contribution in [0.1, 0.15) is 23.7 Å². The van der Waals surface area contributed by atoms with Gasteiger partial charge in [-0.2, -0.15) is 0 Å². The Bertz CT molecular complexity index is 508. The van der Waals surface area contributed by atoms with Gasteiger partial charge in [0.05, 0.1) is 0 Å². The zero-order chi connectivity index (χ0) is 11.4. The number of rotatable bonds is 3. The van der Waals surface area contributed by atoms with Crippen LogP contribution in [0.3, 0.4) is 0 Å². The second-order valence-electron chi connectivity index (χ2n) is 3.69. The number of benzene rings is 1. The van der Waals surface area contributed by atoms with E-state index >= 15 is 0 Å². The number of nitrogens with one attached hydrogen (secondary N) is 1. The molecule has 1 N–H and O–H groups in total. The highest BCUT2D eigenvalue weighted by atomic mass is 16.1. The van der Waals surface area contributed by atoms with Gasteiger partial charge in [-0.3, -0.25) is 9.78 Å². The van der Waals surface area contributed by atoms with Gasteiger partial charge in [0.1, 0.15) is 0 Å². The predicted octanol–water partition coefficient (Wildman–Crippen LogP) is 2.37. The third-order valence-corrected chi connectivity index (χ3v) is 2.44. The topological polar surface area (TPSA) is 42.0 Å². The summed E-state index contributed by atoms with van der Waals surface area (Å²) in [6.07, 6.45) is 4.47. The largest absolute Gasteiger partial charge is 0.352 e. The molecular weight excluding hydrogens is 200 g/mol. The zero-order valence-electron chi connectivity index (χ0n) is 9.23. The first kappa shape index (κ1) is 10.6. The number of aromatic nitrogens is 1. The molecule has 82 valence electrons. The lowest BCUT2D eigenvalue weighted by atomic mass is 10.1. The van der Waals surface area contributed by atoms with Crippen molar-refractivity contribution in [3.05, 3.63) is 42.2 Å². The van der Waals surface area contributed by atoms with Crippen molar-refractivity contribution in [2.24, 2.45) is 0 Å². The standard InChI is InChI=1S/C13H14N2O/c1-2-6-15-13(16)11-3-4-12-9-14-7-5-10(12)8-11/h3-5,7-9H,2,6H2,1H3,(H,15,16). The molecule has 0 fully saturated rings. The van der Waals surface area contributed by atoms with Crippen LogP contribution in [-0.2, 0) is 0 Å². The van der Waals surface area contributed by atoms with Crippen molar-refractivity contribution in [1.29, 1.82) is 0 Å². The van der Waals surface area contributed by atoms with E-state index in [2.05, 4.69) is 10.3 Å². The summed E-state index contributed by atoms with van der Waals surface area (Å²) in [6, 6.07) is 7.55. The minimum atomic E-state index is -0.0134. The minimum absolute atomic E-state index is 0.0134. The summed E-state index contributed by atoms with van der Waals surface area (Å²) in [4.78, 5) is 15.8. The van der Waals surface area contributed by atoms with Crippen molar-refractivity contribution in [3.63, 3.8) is 0 Å². The van der Waals surface area contributed by atoms with Crippen LogP contribution < -0.4 is 5.32 Å². The maximum absolute atomic E-state index is 11.7. The summed E-state index contributed by atoms with van der Waals surface area (Å²) in [5, 5.41) is 4.95. The molecule has 2 aromatic rings. The lowest BCUT2D eigenvalue weighted by molar-refractivity contribution is 0.0954. The van der Waals surface area contributed by atoms with Gasteiger partial charge in [-0.25, -0.2) is 0 Å². The second-order valence-corrected chi connectivity index (χ2v) is 3.69. The SMILES string of the molecule is CCCNC(=O)c1ccc2cnccc2c1. The number of hydrogen-bond acceptors (Lipinski definition) is 2. The molecule has 0 unspecified atom stereocenters. The molecule has 0 saturated heterocycles. The fourth-order valence-electron chi connectivity index (χ4n) is 1.57. The third kappa shape index (κ3) is 2.19. The average Bonchev–Trinajstić information content (AvgIpc) is 2.35. The molecule has 3 nitrogen and oxygen atoms in total. The monoisotopic (exact) mass is 214 g/mol. The number of fused-ring (bicyclic) bond motifs is 1. The smallest absolute Gasteiger partial charge is 0.251 e. The van der Waals surface area contributed by atoms with Crippen molar-refractivity contribution in [1.82, 2.24) is 10.3 Å². The highest BCUT2D eigenvalue weighted by Gasteiger charge is 2.04. The first-order chi connectivity index (χ1) is 7.81. The Hall–Kier alpha value is -1.90. The fourth-order valence-corrected chi connectivity index (χ4v) is 1.57. The van der Waals surface area contributed by atoms with Crippen LogP contribution in [0.4, 0.5) is 0 Å². The van der Waals surface area contributed by atoms with E-state index in [0.717, 1.165) is 17.2 Å². The maximum atomic E-state index is 11.7. The Kier molecular flexibility index (Phi) is 3.15. The molecule has 1 aromatic heterocycles. The van der Waals surface area contributed by atoms with Crippen LogP contribution in [0.2, 0.25) is 0 Å². The van der Waals surface area contributed by atoms with E-state index in [0.29, 0.717) is 12.1 Å².